The highest BCUT2D eigenvalue weighted by Gasteiger charge is 2.36. The minimum atomic E-state index is -4.68. The number of halogens is 4. The standard InChI is InChI=1S/C15H9F4N7/c16-10-4-2-1-3-8(10)7-26-13-9(5-6-20-23-13)11(25-26)12-21-14(24-22-12)15(17,18)19/h1-6H,7H2,(H,21,22,24). The van der Waals surface area contributed by atoms with Crippen molar-refractivity contribution in [1.82, 2.24) is 35.2 Å². The van der Waals surface area contributed by atoms with Gasteiger partial charge in [0.15, 0.2) is 11.5 Å². The maximum atomic E-state index is 13.9. The average molecular weight is 363 g/mol. The predicted molar refractivity (Wildman–Crippen MR) is 81.2 cm³/mol. The molecule has 3 heterocycles. The molecule has 0 saturated heterocycles. The molecule has 0 aliphatic rings. The van der Waals surface area contributed by atoms with Crippen LogP contribution >= 0.6 is 0 Å². The summed E-state index contributed by atoms with van der Waals surface area (Å²) in [5.74, 6) is -1.89. The molecule has 4 aromatic rings. The van der Waals surface area contributed by atoms with Crippen LogP contribution in [0.25, 0.3) is 22.6 Å². The van der Waals surface area contributed by atoms with Gasteiger partial charge in [-0.1, -0.05) is 18.2 Å². The van der Waals surface area contributed by atoms with E-state index < -0.39 is 17.8 Å². The molecule has 0 saturated carbocycles. The van der Waals surface area contributed by atoms with Crippen molar-refractivity contribution in [2.75, 3.05) is 0 Å². The van der Waals surface area contributed by atoms with E-state index in [4.69, 9.17) is 0 Å². The molecule has 3 aromatic heterocycles. The van der Waals surface area contributed by atoms with E-state index in [1.807, 2.05) is 0 Å². The number of hydrogen-bond acceptors (Lipinski definition) is 5. The monoisotopic (exact) mass is 363 g/mol. The molecule has 26 heavy (non-hydrogen) atoms. The van der Waals surface area contributed by atoms with Crippen LogP contribution in [0, 0.1) is 5.82 Å². The molecule has 0 fully saturated rings. The van der Waals surface area contributed by atoms with Gasteiger partial charge in [0, 0.05) is 5.56 Å². The Morgan fingerprint density at radius 2 is 1.92 bits per heavy atom. The summed E-state index contributed by atoms with van der Waals surface area (Å²) in [6, 6.07) is 7.65. The number of nitrogens with one attached hydrogen (secondary N) is 1. The fourth-order valence-corrected chi connectivity index (χ4v) is 2.49. The van der Waals surface area contributed by atoms with Crippen LogP contribution in [0.1, 0.15) is 11.4 Å². The summed E-state index contributed by atoms with van der Waals surface area (Å²) in [6.45, 7) is 0.0299. The Morgan fingerprint density at radius 3 is 2.65 bits per heavy atom. The number of fused-ring (bicyclic) bond motifs is 1. The van der Waals surface area contributed by atoms with Gasteiger partial charge in [-0.25, -0.2) is 14.1 Å². The van der Waals surface area contributed by atoms with Crippen molar-refractivity contribution in [3.05, 3.63) is 53.7 Å². The molecule has 0 unspecified atom stereocenters. The van der Waals surface area contributed by atoms with Crippen molar-refractivity contribution in [3.63, 3.8) is 0 Å². The molecule has 1 aromatic carbocycles. The Hall–Kier alpha value is -3.37. The highest BCUT2D eigenvalue weighted by atomic mass is 19.4. The van der Waals surface area contributed by atoms with Crippen LogP contribution in [0.3, 0.4) is 0 Å². The topological polar surface area (TPSA) is 85.2 Å². The molecular weight excluding hydrogens is 354 g/mol. The second kappa shape index (κ2) is 5.86. The van der Waals surface area contributed by atoms with Gasteiger partial charge in [0.25, 0.3) is 5.82 Å². The molecule has 0 bridgehead atoms. The molecule has 0 atom stereocenters. The fourth-order valence-electron chi connectivity index (χ4n) is 2.49. The number of alkyl halides is 3. The zero-order valence-corrected chi connectivity index (χ0v) is 12.9. The van der Waals surface area contributed by atoms with E-state index in [0.717, 1.165) is 0 Å². The summed E-state index contributed by atoms with van der Waals surface area (Å²) in [7, 11) is 0. The van der Waals surface area contributed by atoms with Crippen molar-refractivity contribution in [1.29, 1.82) is 0 Å². The Balaban J connectivity index is 1.82. The maximum absolute atomic E-state index is 13.9. The minimum Gasteiger partial charge on any atom is -0.257 e. The number of aromatic nitrogens is 7. The second-order valence-electron chi connectivity index (χ2n) is 5.37. The first kappa shape index (κ1) is 16.1. The third-order valence-corrected chi connectivity index (χ3v) is 3.66. The van der Waals surface area contributed by atoms with Crippen LogP contribution in [0.5, 0.6) is 0 Å². The van der Waals surface area contributed by atoms with Gasteiger partial charge in [0.2, 0.25) is 0 Å². The third-order valence-electron chi connectivity index (χ3n) is 3.66. The summed E-state index contributed by atoms with van der Waals surface area (Å²) < 4.78 is 53.5. The molecule has 132 valence electrons. The third kappa shape index (κ3) is 2.76. The van der Waals surface area contributed by atoms with Crippen molar-refractivity contribution < 1.29 is 17.6 Å². The molecule has 4 rings (SSSR count). The number of benzene rings is 1. The zero-order valence-electron chi connectivity index (χ0n) is 12.9. The quantitative estimate of drug-likeness (QED) is 0.566. The second-order valence-corrected chi connectivity index (χ2v) is 5.37. The predicted octanol–water partition coefficient (Wildman–Crippen LogP) is 2.82. The van der Waals surface area contributed by atoms with Crippen LogP contribution in [-0.4, -0.2) is 35.2 Å². The number of H-pyrrole nitrogens is 1. The molecule has 0 aliphatic heterocycles. The van der Waals surface area contributed by atoms with Crippen LogP contribution in [0.4, 0.5) is 17.6 Å². The van der Waals surface area contributed by atoms with E-state index >= 15 is 0 Å². The molecule has 0 amide bonds. The molecule has 0 radical (unpaired) electrons. The highest BCUT2D eigenvalue weighted by Crippen LogP contribution is 2.29. The lowest BCUT2D eigenvalue weighted by molar-refractivity contribution is -0.144. The van der Waals surface area contributed by atoms with E-state index in [1.54, 1.807) is 18.2 Å². The molecule has 1 N–H and O–H groups in total. The number of aromatic amines is 1. The van der Waals surface area contributed by atoms with Gasteiger partial charge in [-0.2, -0.15) is 23.4 Å². The van der Waals surface area contributed by atoms with Gasteiger partial charge in [0.1, 0.15) is 11.5 Å². The maximum Gasteiger partial charge on any atom is 0.453 e. The van der Waals surface area contributed by atoms with Gasteiger partial charge in [-0.05, 0) is 12.1 Å². The number of hydrogen-bond donors (Lipinski definition) is 1. The highest BCUT2D eigenvalue weighted by molar-refractivity contribution is 5.88. The van der Waals surface area contributed by atoms with Crippen molar-refractivity contribution >= 4 is 11.0 Å². The first-order chi connectivity index (χ1) is 12.4. The molecule has 0 aliphatic carbocycles. The summed E-state index contributed by atoms with van der Waals surface area (Å²) in [5, 5.41) is 17.8. The van der Waals surface area contributed by atoms with E-state index in [-0.39, 0.29) is 23.7 Å². The number of rotatable bonds is 3. The van der Waals surface area contributed by atoms with E-state index in [1.165, 1.54) is 23.0 Å². The fraction of sp³-hybridized carbons (Fsp3) is 0.133. The van der Waals surface area contributed by atoms with Gasteiger partial charge in [-0.15, -0.1) is 10.2 Å². The Kier molecular flexibility index (Phi) is 3.63. The summed E-state index contributed by atoms with van der Waals surface area (Å²) in [6.07, 6.45) is -3.30. The molecule has 7 nitrogen and oxygen atoms in total. The van der Waals surface area contributed by atoms with Gasteiger partial charge >= 0.3 is 6.18 Å². The van der Waals surface area contributed by atoms with Crippen molar-refractivity contribution in [2.45, 2.75) is 12.7 Å². The first-order valence-corrected chi connectivity index (χ1v) is 7.35. The Bertz CT molecular complexity index is 1080. The lowest BCUT2D eigenvalue weighted by Gasteiger charge is -2.03. The van der Waals surface area contributed by atoms with Gasteiger partial charge in [-0.3, -0.25) is 5.10 Å². The lowest BCUT2D eigenvalue weighted by atomic mass is 10.2. The van der Waals surface area contributed by atoms with Gasteiger partial charge in [0.05, 0.1) is 18.1 Å². The average Bonchev–Trinajstić information content (AvgIpc) is 3.22. The van der Waals surface area contributed by atoms with E-state index in [9.17, 15) is 17.6 Å². The van der Waals surface area contributed by atoms with Gasteiger partial charge < -0.3 is 0 Å². The van der Waals surface area contributed by atoms with Crippen molar-refractivity contribution in [3.8, 4) is 11.5 Å². The smallest absolute Gasteiger partial charge is 0.257 e. The van der Waals surface area contributed by atoms with Crippen LogP contribution in [0.2, 0.25) is 0 Å². The SMILES string of the molecule is Fc1ccccc1Cn1nc(-c2nc(C(F)(F)F)n[nH]2)c2ccnnc21. The minimum absolute atomic E-state index is 0.0299. The molecule has 0 spiro atoms. The molecule has 11 heteroatoms. The summed E-state index contributed by atoms with van der Waals surface area (Å²) >= 11 is 0. The lowest BCUT2D eigenvalue weighted by Crippen LogP contribution is -2.07. The van der Waals surface area contributed by atoms with Crippen LogP contribution in [-0.2, 0) is 12.7 Å². The summed E-state index contributed by atoms with van der Waals surface area (Å²) in [4.78, 5) is 3.45. The van der Waals surface area contributed by atoms with Crippen LogP contribution in [0.15, 0.2) is 36.5 Å². The Labute approximate surface area is 142 Å². The Morgan fingerprint density at radius 1 is 1.12 bits per heavy atom. The first-order valence-electron chi connectivity index (χ1n) is 7.35. The van der Waals surface area contributed by atoms with Crippen LogP contribution < -0.4 is 0 Å². The summed E-state index contributed by atoms with van der Waals surface area (Å²) in [5.41, 5.74) is 0.757. The van der Waals surface area contributed by atoms with E-state index in [2.05, 4.69) is 30.5 Å². The molecular formula is C15H9F4N7. The normalized spacial score (nSPS) is 12.0. The largest absolute Gasteiger partial charge is 0.453 e. The van der Waals surface area contributed by atoms with Crippen molar-refractivity contribution in [2.24, 2.45) is 0 Å². The van der Waals surface area contributed by atoms with E-state index in [0.29, 0.717) is 10.9 Å². The zero-order chi connectivity index (χ0) is 18.3. The number of nitrogens with zero attached hydrogens (tertiary/aromatic N) is 6.